The van der Waals surface area contributed by atoms with Gasteiger partial charge in [-0.05, 0) is 18.6 Å². The Kier molecular flexibility index (Phi) is 4.89. The molecule has 0 spiro atoms. The summed E-state index contributed by atoms with van der Waals surface area (Å²) in [5, 5.41) is 0. The van der Waals surface area contributed by atoms with Crippen molar-refractivity contribution in [1.29, 1.82) is 0 Å². The number of hydrogen-bond donors (Lipinski definition) is 0. The first-order valence-corrected chi connectivity index (χ1v) is 5.26. The van der Waals surface area contributed by atoms with Crippen molar-refractivity contribution in [1.82, 2.24) is 0 Å². The summed E-state index contributed by atoms with van der Waals surface area (Å²) in [6.07, 6.45) is 2.75. The fourth-order valence-corrected chi connectivity index (χ4v) is 1.27. The SMILES string of the molecule is CCCCCOC(=O)c1cc(F)cc(F)c1. The van der Waals surface area contributed by atoms with Crippen molar-refractivity contribution in [2.24, 2.45) is 0 Å². The van der Waals surface area contributed by atoms with Crippen molar-refractivity contribution >= 4 is 5.97 Å². The predicted molar refractivity (Wildman–Crippen MR) is 56.2 cm³/mol. The van der Waals surface area contributed by atoms with E-state index in [0.717, 1.165) is 31.4 Å². The van der Waals surface area contributed by atoms with Crippen molar-refractivity contribution in [2.75, 3.05) is 6.61 Å². The lowest BCUT2D eigenvalue weighted by Crippen LogP contribution is -2.07. The largest absolute Gasteiger partial charge is 0.462 e. The highest BCUT2D eigenvalue weighted by Gasteiger charge is 2.09. The Bertz CT molecular complexity index is 344. The molecule has 1 rings (SSSR count). The van der Waals surface area contributed by atoms with Crippen LogP contribution in [0.25, 0.3) is 0 Å². The quantitative estimate of drug-likeness (QED) is 0.571. The number of esters is 1. The number of benzene rings is 1. The van der Waals surface area contributed by atoms with Gasteiger partial charge in [-0.1, -0.05) is 19.8 Å². The normalized spacial score (nSPS) is 10.2. The maximum atomic E-state index is 12.8. The van der Waals surface area contributed by atoms with E-state index in [2.05, 4.69) is 0 Å². The molecule has 0 aliphatic carbocycles. The average molecular weight is 228 g/mol. The van der Waals surface area contributed by atoms with Gasteiger partial charge in [-0.2, -0.15) is 0 Å². The maximum absolute atomic E-state index is 12.8. The molecule has 88 valence electrons. The number of halogens is 2. The molecule has 2 nitrogen and oxygen atoms in total. The van der Waals surface area contributed by atoms with E-state index in [1.807, 2.05) is 6.92 Å². The zero-order valence-electron chi connectivity index (χ0n) is 9.13. The minimum absolute atomic E-state index is 0.0889. The van der Waals surface area contributed by atoms with Gasteiger partial charge in [0.05, 0.1) is 12.2 Å². The minimum Gasteiger partial charge on any atom is -0.462 e. The summed E-state index contributed by atoms with van der Waals surface area (Å²) in [5.74, 6) is -2.24. The van der Waals surface area contributed by atoms with Gasteiger partial charge in [0.25, 0.3) is 0 Å². The van der Waals surface area contributed by atoms with Crippen LogP contribution < -0.4 is 0 Å². The number of ether oxygens (including phenoxy) is 1. The molecule has 0 amide bonds. The van der Waals surface area contributed by atoms with Crippen molar-refractivity contribution in [3.05, 3.63) is 35.4 Å². The van der Waals surface area contributed by atoms with Gasteiger partial charge < -0.3 is 4.74 Å². The van der Waals surface area contributed by atoms with E-state index in [-0.39, 0.29) is 12.2 Å². The van der Waals surface area contributed by atoms with E-state index in [4.69, 9.17) is 4.74 Å². The van der Waals surface area contributed by atoms with Gasteiger partial charge in [-0.3, -0.25) is 0 Å². The molecule has 0 bridgehead atoms. The van der Waals surface area contributed by atoms with Crippen LogP contribution in [0.15, 0.2) is 18.2 Å². The van der Waals surface area contributed by atoms with E-state index in [9.17, 15) is 13.6 Å². The average Bonchev–Trinajstić information content (AvgIpc) is 2.22. The van der Waals surface area contributed by atoms with Gasteiger partial charge in [0.15, 0.2) is 0 Å². The van der Waals surface area contributed by atoms with Crippen LogP contribution in [0.4, 0.5) is 8.78 Å². The summed E-state index contributed by atoms with van der Waals surface area (Å²) in [4.78, 5) is 11.4. The molecule has 1 aromatic rings. The van der Waals surface area contributed by atoms with E-state index < -0.39 is 17.6 Å². The summed E-state index contributed by atoms with van der Waals surface area (Å²) in [7, 11) is 0. The molecule has 0 heterocycles. The standard InChI is InChI=1S/C12H14F2O2/c1-2-3-4-5-16-12(15)9-6-10(13)8-11(14)7-9/h6-8H,2-5H2,1H3. The summed E-state index contributed by atoms with van der Waals surface area (Å²) in [5.41, 5.74) is -0.0889. The van der Waals surface area contributed by atoms with Crippen LogP contribution in [0.1, 0.15) is 36.5 Å². The first kappa shape index (κ1) is 12.6. The van der Waals surface area contributed by atoms with Gasteiger partial charge in [0.2, 0.25) is 0 Å². The van der Waals surface area contributed by atoms with Crippen LogP contribution in [0.3, 0.4) is 0 Å². The number of rotatable bonds is 5. The van der Waals surface area contributed by atoms with Crippen LogP contribution in [0, 0.1) is 11.6 Å². The Hall–Kier alpha value is -1.45. The minimum atomic E-state index is -0.777. The summed E-state index contributed by atoms with van der Waals surface area (Å²) >= 11 is 0. The lowest BCUT2D eigenvalue weighted by molar-refractivity contribution is 0.0497. The number of unbranched alkanes of at least 4 members (excludes halogenated alkanes) is 2. The first-order chi connectivity index (χ1) is 7.63. The first-order valence-electron chi connectivity index (χ1n) is 5.26. The smallest absolute Gasteiger partial charge is 0.338 e. The second-order valence-electron chi connectivity index (χ2n) is 3.50. The monoisotopic (exact) mass is 228 g/mol. The van der Waals surface area contributed by atoms with Crippen LogP contribution in [-0.2, 0) is 4.74 Å². The maximum Gasteiger partial charge on any atom is 0.338 e. The third-order valence-electron chi connectivity index (χ3n) is 2.08. The van der Waals surface area contributed by atoms with E-state index in [1.165, 1.54) is 0 Å². The molecular formula is C12H14F2O2. The molecule has 0 unspecified atom stereocenters. The molecular weight excluding hydrogens is 214 g/mol. The lowest BCUT2D eigenvalue weighted by atomic mass is 10.2. The summed E-state index contributed by atoms with van der Waals surface area (Å²) in [6.45, 7) is 2.31. The molecule has 0 atom stereocenters. The molecule has 0 N–H and O–H groups in total. The van der Waals surface area contributed by atoms with Gasteiger partial charge in [0.1, 0.15) is 11.6 Å². The summed E-state index contributed by atoms with van der Waals surface area (Å²) in [6, 6.07) is 2.64. The fraction of sp³-hybridized carbons (Fsp3) is 0.417. The molecule has 1 aromatic carbocycles. The van der Waals surface area contributed by atoms with Crippen molar-refractivity contribution in [3.8, 4) is 0 Å². The second-order valence-corrected chi connectivity index (χ2v) is 3.50. The van der Waals surface area contributed by atoms with E-state index >= 15 is 0 Å². The van der Waals surface area contributed by atoms with E-state index in [1.54, 1.807) is 0 Å². The molecule has 4 heteroatoms. The lowest BCUT2D eigenvalue weighted by Gasteiger charge is -2.04. The third kappa shape index (κ3) is 3.96. The predicted octanol–water partition coefficient (Wildman–Crippen LogP) is 3.31. The Balaban J connectivity index is 2.52. The molecule has 16 heavy (non-hydrogen) atoms. The molecule has 0 radical (unpaired) electrons. The Morgan fingerprint density at radius 3 is 2.38 bits per heavy atom. The third-order valence-corrected chi connectivity index (χ3v) is 2.08. The van der Waals surface area contributed by atoms with E-state index in [0.29, 0.717) is 6.07 Å². The number of carbonyl (C=O) groups is 1. The second kappa shape index (κ2) is 6.20. The fourth-order valence-electron chi connectivity index (χ4n) is 1.27. The highest BCUT2D eigenvalue weighted by molar-refractivity contribution is 5.89. The van der Waals surface area contributed by atoms with Crippen LogP contribution >= 0.6 is 0 Å². The Morgan fingerprint density at radius 2 is 1.81 bits per heavy atom. The molecule has 0 aliphatic rings. The molecule has 0 saturated heterocycles. The Labute approximate surface area is 93.2 Å². The number of carbonyl (C=O) groups excluding carboxylic acids is 1. The molecule has 0 aromatic heterocycles. The highest BCUT2D eigenvalue weighted by Crippen LogP contribution is 2.09. The Morgan fingerprint density at radius 1 is 1.19 bits per heavy atom. The molecule has 0 saturated carbocycles. The van der Waals surface area contributed by atoms with Crippen LogP contribution in [0.2, 0.25) is 0 Å². The highest BCUT2D eigenvalue weighted by atomic mass is 19.1. The molecule has 0 fully saturated rings. The van der Waals surface area contributed by atoms with Gasteiger partial charge in [-0.15, -0.1) is 0 Å². The van der Waals surface area contributed by atoms with Gasteiger partial charge in [0, 0.05) is 6.07 Å². The molecule has 0 aliphatic heterocycles. The van der Waals surface area contributed by atoms with Crippen molar-refractivity contribution in [3.63, 3.8) is 0 Å². The zero-order valence-corrected chi connectivity index (χ0v) is 9.13. The van der Waals surface area contributed by atoms with Crippen molar-refractivity contribution < 1.29 is 18.3 Å². The van der Waals surface area contributed by atoms with Crippen molar-refractivity contribution in [2.45, 2.75) is 26.2 Å². The van der Waals surface area contributed by atoms with Gasteiger partial charge in [-0.25, -0.2) is 13.6 Å². The summed E-state index contributed by atoms with van der Waals surface area (Å²) < 4.78 is 30.4. The van der Waals surface area contributed by atoms with Crippen LogP contribution in [0.5, 0.6) is 0 Å². The number of hydrogen-bond acceptors (Lipinski definition) is 2. The zero-order chi connectivity index (χ0) is 12.0. The van der Waals surface area contributed by atoms with Gasteiger partial charge >= 0.3 is 5.97 Å². The topological polar surface area (TPSA) is 26.3 Å². The van der Waals surface area contributed by atoms with Crippen LogP contribution in [-0.4, -0.2) is 12.6 Å².